The van der Waals surface area contributed by atoms with Crippen LogP contribution in [0.15, 0.2) is 24.5 Å². The van der Waals surface area contributed by atoms with Crippen molar-refractivity contribution < 1.29 is 4.79 Å². The van der Waals surface area contributed by atoms with Crippen LogP contribution in [0.4, 0.5) is 5.69 Å². The third-order valence-electron chi connectivity index (χ3n) is 3.00. The number of hydrogen-bond acceptors (Lipinski definition) is 5. The van der Waals surface area contributed by atoms with Crippen LogP contribution in [0.5, 0.6) is 0 Å². The van der Waals surface area contributed by atoms with Crippen molar-refractivity contribution in [1.82, 2.24) is 20.2 Å². The molecule has 2 aromatic rings. The van der Waals surface area contributed by atoms with Crippen molar-refractivity contribution in [2.24, 2.45) is 5.73 Å². The number of tetrazole rings is 1. The first-order chi connectivity index (χ1) is 9.61. The molecule has 3 N–H and O–H groups in total. The van der Waals surface area contributed by atoms with E-state index in [9.17, 15) is 4.79 Å². The average molecular weight is 274 g/mol. The summed E-state index contributed by atoms with van der Waals surface area (Å²) in [5.74, 6) is -0.165. The highest BCUT2D eigenvalue weighted by Crippen LogP contribution is 2.18. The van der Waals surface area contributed by atoms with Gasteiger partial charge in [-0.1, -0.05) is 13.3 Å². The van der Waals surface area contributed by atoms with Gasteiger partial charge in [0, 0.05) is 5.69 Å². The fourth-order valence-corrected chi connectivity index (χ4v) is 1.94. The van der Waals surface area contributed by atoms with Gasteiger partial charge in [-0.05, 0) is 47.5 Å². The number of benzene rings is 1. The second-order valence-electron chi connectivity index (χ2n) is 4.64. The van der Waals surface area contributed by atoms with Gasteiger partial charge in [-0.15, -0.1) is 5.10 Å². The molecule has 0 aliphatic heterocycles. The smallest absolute Gasteiger partial charge is 0.241 e. The van der Waals surface area contributed by atoms with Crippen LogP contribution >= 0.6 is 0 Å². The maximum atomic E-state index is 11.9. The number of carbonyl (C=O) groups excluding carboxylic acids is 1. The van der Waals surface area contributed by atoms with Gasteiger partial charge in [0.15, 0.2) is 0 Å². The highest BCUT2D eigenvalue weighted by atomic mass is 16.2. The lowest BCUT2D eigenvalue weighted by Crippen LogP contribution is -2.35. The average Bonchev–Trinajstić information content (AvgIpc) is 2.93. The number of amides is 1. The van der Waals surface area contributed by atoms with Gasteiger partial charge >= 0.3 is 0 Å². The second-order valence-corrected chi connectivity index (χ2v) is 4.64. The molecule has 0 radical (unpaired) electrons. The molecule has 0 saturated carbocycles. The molecule has 1 aromatic carbocycles. The molecule has 1 atom stereocenters. The highest BCUT2D eigenvalue weighted by molar-refractivity contribution is 5.94. The standard InChI is InChI=1S/C13H18N6O/c1-3-4-11(14)13(20)16-10-5-6-12(9(2)7-10)19-8-15-17-18-19/h5-8,11H,3-4,14H2,1-2H3,(H,16,20)/t11-/m0/s1. The van der Waals surface area contributed by atoms with E-state index in [4.69, 9.17) is 5.73 Å². The molecule has 0 aliphatic carbocycles. The third kappa shape index (κ3) is 3.18. The van der Waals surface area contributed by atoms with Crippen LogP contribution in [0.25, 0.3) is 5.69 Å². The molecule has 7 heteroatoms. The Morgan fingerprint density at radius 2 is 2.30 bits per heavy atom. The fourth-order valence-electron chi connectivity index (χ4n) is 1.94. The number of nitrogens with one attached hydrogen (secondary N) is 1. The summed E-state index contributed by atoms with van der Waals surface area (Å²) in [6.45, 7) is 3.93. The van der Waals surface area contributed by atoms with E-state index in [1.165, 1.54) is 6.33 Å². The lowest BCUT2D eigenvalue weighted by atomic mass is 10.1. The van der Waals surface area contributed by atoms with E-state index in [1.807, 2.05) is 26.0 Å². The van der Waals surface area contributed by atoms with Crippen LogP contribution in [0.2, 0.25) is 0 Å². The number of rotatable bonds is 5. The number of carbonyl (C=O) groups is 1. The van der Waals surface area contributed by atoms with Gasteiger partial charge in [-0.2, -0.15) is 0 Å². The van der Waals surface area contributed by atoms with E-state index >= 15 is 0 Å². The number of anilines is 1. The predicted octanol–water partition coefficient (Wildman–Crippen LogP) is 1.04. The number of nitrogens with two attached hydrogens (primary N) is 1. The van der Waals surface area contributed by atoms with Crippen LogP contribution in [-0.4, -0.2) is 32.2 Å². The molecule has 0 bridgehead atoms. The number of hydrogen-bond donors (Lipinski definition) is 2. The van der Waals surface area contributed by atoms with E-state index < -0.39 is 6.04 Å². The van der Waals surface area contributed by atoms with E-state index in [-0.39, 0.29) is 5.91 Å². The Bertz CT molecular complexity index is 581. The van der Waals surface area contributed by atoms with Crippen LogP contribution in [0.1, 0.15) is 25.3 Å². The summed E-state index contributed by atoms with van der Waals surface area (Å²) in [5, 5.41) is 13.9. The van der Waals surface area contributed by atoms with E-state index in [0.29, 0.717) is 6.42 Å². The SMILES string of the molecule is CCC[C@H](N)C(=O)Nc1ccc(-n2cnnn2)c(C)c1. The van der Waals surface area contributed by atoms with Crippen LogP contribution in [-0.2, 0) is 4.79 Å². The highest BCUT2D eigenvalue weighted by Gasteiger charge is 2.13. The Labute approximate surface area is 117 Å². The topological polar surface area (TPSA) is 98.7 Å². The van der Waals surface area contributed by atoms with Crippen molar-refractivity contribution in [3.8, 4) is 5.69 Å². The summed E-state index contributed by atoms with van der Waals surface area (Å²) in [4.78, 5) is 11.9. The molecular weight excluding hydrogens is 256 g/mol. The van der Waals surface area contributed by atoms with Crippen LogP contribution < -0.4 is 11.1 Å². The Kier molecular flexibility index (Phi) is 4.41. The summed E-state index contributed by atoms with van der Waals surface area (Å²) >= 11 is 0. The zero-order valence-corrected chi connectivity index (χ0v) is 11.6. The predicted molar refractivity (Wildman–Crippen MR) is 75.4 cm³/mol. The zero-order valence-electron chi connectivity index (χ0n) is 11.6. The maximum Gasteiger partial charge on any atom is 0.241 e. The Hall–Kier alpha value is -2.28. The molecule has 2 rings (SSSR count). The first kappa shape index (κ1) is 14.1. The molecule has 0 unspecified atom stereocenters. The van der Waals surface area contributed by atoms with Gasteiger partial charge in [0.2, 0.25) is 5.91 Å². The molecule has 7 nitrogen and oxygen atoms in total. The van der Waals surface area contributed by atoms with Crippen molar-refractivity contribution >= 4 is 11.6 Å². The minimum atomic E-state index is -0.473. The summed E-state index contributed by atoms with van der Waals surface area (Å²) < 4.78 is 1.57. The molecule has 0 fully saturated rings. The van der Waals surface area contributed by atoms with Crippen molar-refractivity contribution in [2.75, 3.05) is 5.32 Å². The van der Waals surface area contributed by atoms with Gasteiger partial charge in [-0.25, -0.2) is 4.68 Å². The summed E-state index contributed by atoms with van der Waals surface area (Å²) in [7, 11) is 0. The minimum Gasteiger partial charge on any atom is -0.325 e. The molecule has 0 aliphatic rings. The molecule has 106 valence electrons. The van der Waals surface area contributed by atoms with Gasteiger partial charge in [0.25, 0.3) is 0 Å². The number of nitrogens with zero attached hydrogens (tertiary/aromatic N) is 4. The minimum absolute atomic E-state index is 0.165. The molecule has 1 amide bonds. The Balaban J connectivity index is 2.12. The molecular formula is C13H18N6O. The van der Waals surface area contributed by atoms with E-state index in [0.717, 1.165) is 23.4 Å². The maximum absolute atomic E-state index is 11.9. The third-order valence-corrected chi connectivity index (χ3v) is 3.00. The molecule has 20 heavy (non-hydrogen) atoms. The normalized spacial score (nSPS) is 12.2. The summed E-state index contributed by atoms with van der Waals surface area (Å²) in [5.41, 5.74) is 8.32. The number of aromatic nitrogens is 4. The van der Waals surface area contributed by atoms with Crippen molar-refractivity contribution in [3.05, 3.63) is 30.1 Å². The lowest BCUT2D eigenvalue weighted by Gasteiger charge is -2.12. The Morgan fingerprint density at radius 3 is 2.90 bits per heavy atom. The monoisotopic (exact) mass is 274 g/mol. The first-order valence-corrected chi connectivity index (χ1v) is 6.52. The fraction of sp³-hybridized carbons (Fsp3) is 0.385. The van der Waals surface area contributed by atoms with E-state index in [2.05, 4.69) is 20.8 Å². The zero-order chi connectivity index (χ0) is 14.5. The quantitative estimate of drug-likeness (QED) is 0.848. The molecule has 1 aromatic heterocycles. The lowest BCUT2D eigenvalue weighted by molar-refractivity contribution is -0.117. The second kappa shape index (κ2) is 6.25. The van der Waals surface area contributed by atoms with Gasteiger partial charge in [0.05, 0.1) is 11.7 Å². The molecule has 1 heterocycles. The van der Waals surface area contributed by atoms with Crippen LogP contribution in [0, 0.1) is 6.92 Å². The molecule has 0 spiro atoms. The first-order valence-electron chi connectivity index (χ1n) is 6.52. The van der Waals surface area contributed by atoms with Crippen LogP contribution in [0.3, 0.4) is 0 Å². The summed E-state index contributed by atoms with van der Waals surface area (Å²) in [6, 6.07) is 5.06. The largest absolute Gasteiger partial charge is 0.325 e. The molecule has 0 saturated heterocycles. The Morgan fingerprint density at radius 1 is 1.50 bits per heavy atom. The van der Waals surface area contributed by atoms with Crippen molar-refractivity contribution in [2.45, 2.75) is 32.7 Å². The van der Waals surface area contributed by atoms with Gasteiger partial charge in [-0.3, -0.25) is 4.79 Å². The van der Waals surface area contributed by atoms with Crippen molar-refractivity contribution in [3.63, 3.8) is 0 Å². The van der Waals surface area contributed by atoms with Crippen molar-refractivity contribution in [1.29, 1.82) is 0 Å². The number of aryl methyl sites for hydroxylation is 1. The summed E-state index contributed by atoms with van der Waals surface area (Å²) in [6.07, 6.45) is 3.08. The van der Waals surface area contributed by atoms with E-state index in [1.54, 1.807) is 10.7 Å². The van der Waals surface area contributed by atoms with Gasteiger partial charge in [0.1, 0.15) is 6.33 Å². The van der Waals surface area contributed by atoms with Gasteiger partial charge < -0.3 is 11.1 Å².